The average molecular weight is 331 g/mol. The number of aliphatic hydroxyl groups is 1. The van der Waals surface area contributed by atoms with Gasteiger partial charge < -0.3 is 14.6 Å². The molecule has 23 heavy (non-hydrogen) atoms. The lowest BCUT2D eigenvalue weighted by atomic mass is 9.79. The summed E-state index contributed by atoms with van der Waals surface area (Å²) >= 11 is 0. The van der Waals surface area contributed by atoms with Crippen molar-refractivity contribution in [2.24, 2.45) is 11.8 Å². The standard InChI is InChI=1S/C19H29NO3/c1-12(2)7-14-11-20-6-5-13-8-18(22-3)19(23-4)9-15(13)16(20)10-17(14)21/h8-9,12,14,16-17,21H,5-7,10-11H2,1-4H3/i1D3,5D2,6D2,7D2,12D,16D. The van der Waals surface area contributed by atoms with Gasteiger partial charge in [-0.3, -0.25) is 4.90 Å². The lowest BCUT2D eigenvalue weighted by molar-refractivity contribution is -0.0191. The number of aliphatic hydroxyl groups excluding tert-OH is 1. The first-order chi connectivity index (χ1) is 15.2. The zero-order valence-electron chi connectivity index (χ0n) is 24.4. The molecular formula is C19H29NO3. The van der Waals surface area contributed by atoms with Crippen molar-refractivity contribution in [3.05, 3.63) is 23.3 Å². The van der Waals surface area contributed by atoms with Crippen LogP contribution in [0.4, 0.5) is 0 Å². The molecule has 3 rings (SSSR count). The van der Waals surface area contributed by atoms with E-state index in [1.807, 2.05) is 0 Å². The normalized spacial score (nSPS) is 45.8. The third-order valence-corrected chi connectivity index (χ3v) is 4.13. The lowest BCUT2D eigenvalue weighted by Crippen LogP contribution is -2.48. The van der Waals surface area contributed by atoms with Gasteiger partial charge in [-0.1, -0.05) is 13.8 Å². The fraction of sp³-hybridized carbons (Fsp3) is 0.684. The number of aryl methyl sites for hydroxylation is 1. The fourth-order valence-corrected chi connectivity index (χ4v) is 3.02. The predicted molar refractivity (Wildman–Crippen MR) is 91.1 cm³/mol. The van der Waals surface area contributed by atoms with Gasteiger partial charge in [0, 0.05) is 32.8 Å². The topological polar surface area (TPSA) is 41.9 Å². The largest absolute Gasteiger partial charge is 0.493 e. The summed E-state index contributed by atoms with van der Waals surface area (Å²) in [6, 6.07) is 0.571. The van der Waals surface area contributed by atoms with Crippen LogP contribution in [0.2, 0.25) is 0 Å². The molecule has 0 aliphatic carbocycles. The second kappa shape index (κ2) is 6.70. The molecule has 2 aliphatic rings. The van der Waals surface area contributed by atoms with E-state index in [2.05, 4.69) is 0 Å². The van der Waals surface area contributed by atoms with Crippen molar-refractivity contribution >= 4 is 0 Å². The quantitative estimate of drug-likeness (QED) is 0.921. The highest BCUT2D eigenvalue weighted by molar-refractivity contribution is 5.49. The molecule has 1 fully saturated rings. The molecule has 4 heteroatoms. The number of hydrogen-bond donors (Lipinski definition) is 1. The number of nitrogens with zero attached hydrogens (tertiary/aromatic N) is 1. The number of piperidine rings is 1. The zero-order valence-corrected chi connectivity index (χ0v) is 13.4. The molecule has 4 unspecified atom stereocenters. The van der Waals surface area contributed by atoms with Crippen molar-refractivity contribution in [3.8, 4) is 11.5 Å². The summed E-state index contributed by atoms with van der Waals surface area (Å²) in [5.41, 5.74) is -0.143. The molecule has 0 aromatic heterocycles. The van der Waals surface area contributed by atoms with Gasteiger partial charge in [0.15, 0.2) is 11.5 Å². The van der Waals surface area contributed by atoms with Gasteiger partial charge in [0.05, 0.1) is 21.7 Å². The number of ether oxygens (including phenoxy) is 2. The maximum atomic E-state index is 11.0. The second-order valence-corrected chi connectivity index (χ2v) is 5.69. The molecule has 4 atom stereocenters. The molecule has 1 N–H and O–H groups in total. The van der Waals surface area contributed by atoms with E-state index in [0.29, 0.717) is 0 Å². The average Bonchev–Trinajstić information content (AvgIpc) is 2.70. The van der Waals surface area contributed by atoms with E-state index in [9.17, 15) is 6.48 Å². The molecular weight excluding hydrogens is 290 g/mol. The fourth-order valence-electron chi connectivity index (χ4n) is 3.02. The van der Waals surface area contributed by atoms with E-state index >= 15 is 0 Å². The van der Waals surface area contributed by atoms with Crippen molar-refractivity contribution < 1.29 is 29.7 Å². The molecule has 0 saturated carbocycles. The van der Waals surface area contributed by atoms with Crippen LogP contribution >= 0.6 is 0 Å². The first-order valence-electron chi connectivity index (χ1n) is 12.9. The van der Waals surface area contributed by atoms with Crippen molar-refractivity contribution in [2.45, 2.75) is 45.1 Å². The Morgan fingerprint density at radius 3 is 2.96 bits per heavy atom. The third kappa shape index (κ3) is 3.20. The lowest BCUT2D eigenvalue weighted by Gasteiger charge is -2.46. The molecule has 4 nitrogen and oxygen atoms in total. The Morgan fingerprint density at radius 2 is 2.26 bits per heavy atom. The minimum absolute atomic E-state index is 0.0211. The van der Waals surface area contributed by atoms with E-state index in [4.69, 9.17) is 23.2 Å². The number of rotatable bonds is 4. The summed E-state index contributed by atoms with van der Waals surface area (Å²) in [5.74, 6) is -3.95. The highest BCUT2D eigenvalue weighted by atomic mass is 16.5. The minimum Gasteiger partial charge on any atom is -0.493 e. The monoisotopic (exact) mass is 330 g/mol. The van der Waals surface area contributed by atoms with Gasteiger partial charge in [-0.25, -0.2) is 0 Å². The first-order valence-corrected chi connectivity index (χ1v) is 7.44. The molecule has 1 aromatic carbocycles. The maximum Gasteiger partial charge on any atom is 0.161 e. The molecule has 2 heterocycles. The summed E-state index contributed by atoms with van der Waals surface area (Å²) in [5, 5.41) is 11.0. The summed E-state index contributed by atoms with van der Waals surface area (Å²) in [7, 11) is 2.68. The van der Waals surface area contributed by atoms with Crippen molar-refractivity contribution in [1.29, 1.82) is 0 Å². The third-order valence-electron chi connectivity index (χ3n) is 4.13. The summed E-state index contributed by atoms with van der Waals surface area (Å²) in [6.07, 6.45) is -7.69. The molecule has 1 aromatic rings. The Labute approximate surface area is 154 Å². The highest BCUT2D eigenvalue weighted by Crippen LogP contribution is 2.43. The van der Waals surface area contributed by atoms with E-state index < -0.39 is 63.0 Å². The van der Waals surface area contributed by atoms with Gasteiger partial charge in [0.2, 0.25) is 0 Å². The Hall–Kier alpha value is -1.26. The second-order valence-electron chi connectivity index (χ2n) is 5.69. The van der Waals surface area contributed by atoms with Crippen LogP contribution in [0.3, 0.4) is 0 Å². The molecule has 128 valence electrons. The van der Waals surface area contributed by atoms with Gasteiger partial charge >= 0.3 is 0 Å². The molecule has 0 bridgehead atoms. The van der Waals surface area contributed by atoms with Crippen LogP contribution in [0, 0.1) is 11.8 Å². The van der Waals surface area contributed by atoms with Crippen molar-refractivity contribution in [1.82, 2.24) is 4.90 Å². The van der Waals surface area contributed by atoms with Crippen LogP contribution in [0.1, 0.15) is 58.8 Å². The predicted octanol–water partition coefficient (Wildman–Crippen LogP) is 3.03. The molecule has 2 aliphatic heterocycles. The highest BCUT2D eigenvalue weighted by Gasteiger charge is 2.38. The first kappa shape index (κ1) is 7.75. The van der Waals surface area contributed by atoms with E-state index in [1.165, 1.54) is 26.4 Å². The Bertz CT molecular complexity index is 966. The van der Waals surface area contributed by atoms with Crippen molar-refractivity contribution in [3.63, 3.8) is 0 Å². The molecule has 0 radical (unpaired) electrons. The summed E-state index contributed by atoms with van der Waals surface area (Å²) < 4.78 is 102. The molecule has 0 spiro atoms. The summed E-state index contributed by atoms with van der Waals surface area (Å²) in [6.45, 7) is -5.71. The van der Waals surface area contributed by atoms with Crippen LogP contribution in [-0.2, 0) is 6.37 Å². The molecule has 0 amide bonds. The van der Waals surface area contributed by atoms with Crippen LogP contribution in [-0.4, -0.2) is 43.4 Å². The number of fused-ring (bicyclic) bond motifs is 3. The van der Waals surface area contributed by atoms with E-state index in [0.717, 1.165) is 11.8 Å². The van der Waals surface area contributed by atoms with Gasteiger partial charge in [-0.05, 0) is 54.2 Å². The SMILES string of the molecule is [2H]C12CC(O)C(C([2H])([2H])C([2H])(C)C([2H])([2H])[2H])CN1C([2H])([2H])C([2H])([2H])c1cc(OC)c(OC)cc12. The van der Waals surface area contributed by atoms with Crippen molar-refractivity contribution in [2.75, 3.05) is 27.3 Å². The van der Waals surface area contributed by atoms with Crippen LogP contribution < -0.4 is 9.47 Å². The Balaban J connectivity index is 2.22. The molecule has 1 saturated heterocycles. The van der Waals surface area contributed by atoms with E-state index in [1.54, 1.807) is 0 Å². The smallest absolute Gasteiger partial charge is 0.161 e. The Morgan fingerprint density at radius 1 is 1.52 bits per heavy atom. The van der Waals surface area contributed by atoms with E-state index in [-0.39, 0.29) is 22.6 Å². The van der Waals surface area contributed by atoms with Gasteiger partial charge in [-0.2, -0.15) is 0 Å². The summed E-state index contributed by atoms with van der Waals surface area (Å²) in [4.78, 5) is 0.819. The minimum atomic E-state index is -3.06. The zero-order chi connectivity index (χ0) is 26.3. The number of benzene rings is 1. The Kier molecular flexibility index (Phi) is 2.26. The number of methoxy groups -OCH3 is 2. The van der Waals surface area contributed by atoms with Crippen LogP contribution in [0.15, 0.2) is 12.1 Å². The number of hydrogen-bond acceptors (Lipinski definition) is 4. The van der Waals surface area contributed by atoms with Gasteiger partial charge in [0.25, 0.3) is 0 Å². The van der Waals surface area contributed by atoms with Crippen LogP contribution in [0.25, 0.3) is 0 Å². The van der Waals surface area contributed by atoms with Gasteiger partial charge in [-0.15, -0.1) is 0 Å². The maximum absolute atomic E-state index is 11.0. The van der Waals surface area contributed by atoms with Gasteiger partial charge in [0.1, 0.15) is 0 Å². The van der Waals surface area contributed by atoms with Crippen LogP contribution in [0.5, 0.6) is 11.5 Å².